The van der Waals surface area contributed by atoms with E-state index in [0.717, 1.165) is 7.11 Å². The number of aliphatic hydroxyl groups is 4. The molecule has 82 valence electrons. The molecule has 0 aromatic carbocycles. The summed E-state index contributed by atoms with van der Waals surface area (Å²) in [5.74, 6) is -0.928. The number of ether oxygens (including phenoxy) is 2. The number of carbonyl (C=O) groups excluding carboxylic acids is 1. The van der Waals surface area contributed by atoms with Crippen molar-refractivity contribution < 1.29 is 34.7 Å². The van der Waals surface area contributed by atoms with Crippen LogP contribution in [0.3, 0.4) is 0 Å². The van der Waals surface area contributed by atoms with Crippen LogP contribution in [0.2, 0.25) is 0 Å². The van der Waals surface area contributed by atoms with E-state index >= 15 is 0 Å². The van der Waals surface area contributed by atoms with Crippen LogP contribution in [0.15, 0.2) is 0 Å². The summed E-state index contributed by atoms with van der Waals surface area (Å²) in [6.07, 6.45) is -8.14. The first kappa shape index (κ1) is 11.3. The van der Waals surface area contributed by atoms with Gasteiger partial charge >= 0.3 is 5.97 Å². The zero-order valence-corrected chi connectivity index (χ0v) is 7.40. The molecule has 0 bridgehead atoms. The molecule has 0 spiro atoms. The Morgan fingerprint density at radius 3 is 2.21 bits per heavy atom. The van der Waals surface area contributed by atoms with Crippen LogP contribution in [-0.4, -0.2) is 64.2 Å². The summed E-state index contributed by atoms with van der Waals surface area (Å²) in [5, 5.41) is 36.5. The molecular formula is C7H12O7. The van der Waals surface area contributed by atoms with Crippen molar-refractivity contribution in [1.29, 1.82) is 0 Å². The second-order valence-electron chi connectivity index (χ2n) is 2.94. The third kappa shape index (κ3) is 1.86. The number of rotatable bonds is 1. The first-order valence-corrected chi connectivity index (χ1v) is 3.94. The molecule has 0 radical (unpaired) electrons. The number of aliphatic hydroxyl groups excluding tert-OH is 4. The van der Waals surface area contributed by atoms with Gasteiger partial charge in [-0.15, -0.1) is 0 Å². The summed E-state index contributed by atoms with van der Waals surface area (Å²) in [6.45, 7) is 0. The highest BCUT2D eigenvalue weighted by atomic mass is 16.7. The molecule has 1 rings (SSSR count). The lowest BCUT2D eigenvalue weighted by molar-refractivity contribution is -0.280. The zero-order chi connectivity index (χ0) is 10.9. The fourth-order valence-corrected chi connectivity index (χ4v) is 1.17. The first-order valence-electron chi connectivity index (χ1n) is 3.94. The van der Waals surface area contributed by atoms with E-state index in [2.05, 4.69) is 9.47 Å². The van der Waals surface area contributed by atoms with E-state index in [-0.39, 0.29) is 0 Å². The molecule has 3 unspecified atom stereocenters. The Morgan fingerprint density at radius 1 is 1.14 bits per heavy atom. The van der Waals surface area contributed by atoms with Crippen LogP contribution >= 0.6 is 0 Å². The minimum Gasteiger partial charge on any atom is -0.467 e. The third-order valence-electron chi connectivity index (χ3n) is 2.02. The molecule has 1 aliphatic heterocycles. The van der Waals surface area contributed by atoms with Gasteiger partial charge in [0.1, 0.15) is 18.3 Å². The summed E-state index contributed by atoms with van der Waals surface area (Å²) in [5.41, 5.74) is 0. The predicted octanol–water partition coefficient (Wildman–Crippen LogP) is -3.04. The van der Waals surface area contributed by atoms with Gasteiger partial charge in [-0.1, -0.05) is 0 Å². The standard InChI is InChI=1S/C7H12O7/c1-13-7(12)5-3(9)2(8)4(10)6(11)14-5/h2-6,8-11H,1H3/t2?,3-,4?,5?,6+/m0/s1. The quantitative estimate of drug-likeness (QED) is 0.338. The van der Waals surface area contributed by atoms with Gasteiger partial charge in [0.2, 0.25) is 0 Å². The van der Waals surface area contributed by atoms with Crippen LogP contribution in [0.1, 0.15) is 0 Å². The second kappa shape index (κ2) is 4.20. The molecule has 1 fully saturated rings. The van der Waals surface area contributed by atoms with Crippen LogP contribution in [0, 0.1) is 0 Å². The van der Waals surface area contributed by atoms with Gasteiger partial charge in [0.15, 0.2) is 12.4 Å². The summed E-state index contributed by atoms with van der Waals surface area (Å²) < 4.78 is 8.82. The second-order valence-corrected chi connectivity index (χ2v) is 2.94. The zero-order valence-electron chi connectivity index (χ0n) is 7.40. The molecule has 5 atom stereocenters. The van der Waals surface area contributed by atoms with Gasteiger partial charge in [-0.3, -0.25) is 0 Å². The molecule has 0 amide bonds. The van der Waals surface area contributed by atoms with E-state index < -0.39 is 36.7 Å². The van der Waals surface area contributed by atoms with Crippen LogP contribution in [0.4, 0.5) is 0 Å². The van der Waals surface area contributed by atoms with E-state index in [1.807, 2.05) is 0 Å². The molecule has 0 aliphatic carbocycles. The monoisotopic (exact) mass is 208 g/mol. The van der Waals surface area contributed by atoms with Gasteiger partial charge in [0.05, 0.1) is 7.11 Å². The van der Waals surface area contributed by atoms with Crippen LogP contribution in [0.5, 0.6) is 0 Å². The topological polar surface area (TPSA) is 116 Å². The van der Waals surface area contributed by atoms with Gasteiger partial charge in [-0.05, 0) is 0 Å². The minimum absolute atomic E-state index is 0.928. The van der Waals surface area contributed by atoms with E-state index in [1.165, 1.54) is 0 Å². The third-order valence-corrected chi connectivity index (χ3v) is 2.02. The van der Waals surface area contributed by atoms with Crippen molar-refractivity contribution in [2.75, 3.05) is 7.11 Å². The Kier molecular flexibility index (Phi) is 3.40. The fourth-order valence-electron chi connectivity index (χ4n) is 1.17. The molecule has 1 aliphatic rings. The highest BCUT2D eigenvalue weighted by Crippen LogP contribution is 2.20. The molecule has 7 heteroatoms. The fraction of sp³-hybridized carbons (Fsp3) is 0.857. The van der Waals surface area contributed by atoms with Crippen LogP contribution in [0.25, 0.3) is 0 Å². The smallest absolute Gasteiger partial charge is 0.337 e. The average Bonchev–Trinajstić information content (AvgIpc) is 2.19. The van der Waals surface area contributed by atoms with Gasteiger partial charge in [-0.25, -0.2) is 4.79 Å². The van der Waals surface area contributed by atoms with Gasteiger partial charge in [0.25, 0.3) is 0 Å². The summed E-state index contributed by atoms with van der Waals surface area (Å²) in [7, 11) is 1.07. The molecule has 4 N–H and O–H groups in total. The Morgan fingerprint density at radius 2 is 1.71 bits per heavy atom. The van der Waals surface area contributed by atoms with E-state index in [1.54, 1.807) is 0 Å². The van der Waals surface area contributed by atoms with Crippen molar-refractivity contribution in [3.05, 3.63) is 0 Å². The summed E-state index contributed by atoms with van der Waals surface area (Å²) >= 11 is 0. The maximum absolute atomic E-state index is 11.0. The van der Waals surface area contributed by atoms with Crippen molar-refractivity contribution in [1.82, 2.24) is 0 Å². The molecule has 1 heterocycles. The highest BCUT2D eigenvalue weighted by Gasteiger charge is 2.46. The number of hydrogen-bond donors (Lipinski definition) is 4. The van der Waals surface area contributed by atoms with Crippen molar-refractivity contribution >= 4 is 5.97 Å². The molecule has 0 aromatic heterocycles. The van der Waals surface area contributed by atoms with E-state index in [4.69, 9.17) is 10.2 Å². The predicted molar refractivity (Wildman–Crippen MR) is 40.9 cm³/mol. The van der Waals surface area contributed by atoms with Gasteiger partial charge in [0, 0.05) is 0 Å². The Labute approximate surface area is 79.5 Å². The average molecular weight is 208 g/mol. The van der Waals surface area contributed by atoms with Crippen LogP contribution < -0.4 is 0 Å². The number of carbonyl (C=O) groups is 1. The number of methoxy groups -OCH3 is 1. The Hall–Kier alpha value is -0.730. The number of esters is 1. The van der Waals surface area contributed by atoms with Gasteiger partial charge < -0.3 is 29.9 Å². The number of hydrogen-bond acceptors (Lipinski definition) is 7. The van der Waals surface area contributed by atoms with Crippen LogP contribution in [-0.2, 0) is 14.3 Å². The first-order chi connectivity index (χ1) is 6.49. The van der Waals surface area contributed by atoms with Crippen molar-refractivity contribution in [2.45, 2.75) is 30.7 Å². The largest absolute Gasteiger partial charge is 0.467 e. The lowest BCUT2D eigenvalue weighted by Crippen LogP contribution is -2.59. The maximum Gasteiger partial charge on any atom is 0.337 e. The maximum atomic E-state index is 11.0. The summed E-state index contributed by atoms with van der Waals surface area (Å²) in [4.78, 5) is 11.0. The molecule has 0 aromatic rings. The van der Waals surface area contributed by atoms with E-state index in [9.17, 15) is 15.0 Å². The normalized spacial score (nSPS) is 43.4. The van der Waals surface area contributed by atoms with E-state index in [0.29, 0.717) is 0 Å². The molecule has 0 saturated carbocycles. The molecule has 1 saturated heterocycles. The molecule has 7 nitrogen and oxygen atoms in total. The summed E-state index contributed by atoms with van der Waals surface area (Å²) in [6, 6.07) is 0. The SMILES string of the molecule is COC(=O)C1O[C@@H](O)C(O)C(O)[C@@H]1O. The van der Waals surface area contributed by atoms with Gasteiger partial charge in [-0.2, -0.15) is 0 Å². The molecular weight excluding hydrogens is 196 g/mol. The van der Waals surface area contributed by atoms with Crippen molar-refractivity contribution in [3.8, 4) is 0 Å². The Balaban J connectivity index is 2.75. The minimum atomic E-state index is -1.72. The highest BCUT2D eigenvalue weighted by molar-refractivity contribution is 5.75. The Bertz CT molecular complexity index is 218. The molecule has 14 heavy (non-hydrogen) atoms. The lowest BCUT2D eigenvalue weighted by Gasteiger charge is -2.36. The van der Waals surface area contributed by atoms with Crippen molar-refractivity contribution in [3.63, 3.8) is 0 Å². The lowest BCUT2D eigenvalue weighted by atomic mass is 9.99. The van der Waals surface area contributed by atoms with Crippen molar-refractivity contribution in [2.24, 2.45) is 0 Å².